The first-order valence-electron chi connectivity index (χ1n) is 6.57. The average Bonchev–Trinajstić information content (AvgIpc) is 3.02. The van der Waals surface area contributed by atoms with Crippen molar-refractivity contribution in [2.24, 2.45) is 5.41 Å². The molecule has 1 rings (SSSR count). The van der Waals surface area contributed by atoms with Gasteiger partial charge in [-0.05, 0) is 38.5 Å². The summed E-state index contributed by atoms with van der Waals surface area (Å²) in [4.78, 5) is 11.4. The minimum atomic E-state index is 0.134. The van der Waals surface area contributed by atoms with Crippen LogP contribution >= 0.6 is 0 Å². The van der Waals surface area contributed by atoms with Crippen LogP contribution < -0.4 is 10.6 Å². The zero-order valence-corrected chi connectivity index (χ0v) is 11.3. The lowest BCUT2D eigenvalue weighted by atomic mass is 10.0. The molecule has 0 spiro atoms. The van der Waals surface area contributed by atoms with E-state index in [-0.39, 0.29) is 11.9 Å². The molecule has 1 amide bonds. The molecular formula is C13H26N2O2. The smallest absolute Gasteiger partial charge is 0.221 e. The Bertz CT molecular complexity index is 238. The van der Waals surface area contributed by atoms with Crippen LogP contribution in [0.1, 0.15) is 39.5 Å². The molecule has 17 heavy (non-hydrogen) atoms. The molecule has 100 valence electrons. The van der Waals surface area contributed by atoms with Gasteiger partial charge in [0.05, 0.1) is 0 Å². The van der Waals surface area contributed by atoms with Gasteiger partial charge in [-0.3, -0.25) is 4.79 Å². The van der Waals surface area contributed by atoms with Gasteiger partial charge < -0.3 is 15.4 Å². The fourth-order valence-corrected chi connectivity index (χ4v) is 1.96. The standard InChI is InChI=1S/C13H26N2O2/c1-11(2)15-12(16)4-8-14-10-13(5-6-13)7-9-17-3/h11,14H,4-10H2,1-3H3,(H,15,16). The van der Waals surface area contributed by atoms with Crippen molar-refractivity contribution >= 4 is 5.91 Å². The van der Waals surface area contributed by atoms with Crippen LogP contribution in [0.15, 0.2) is 0 Å². The topological polar surface area (TPSA) is 50.4 Å². The van der Waals surface area contributed by atoms with E-state index >= 15 is 0 Å². The molecule has 0 saturated heterocycles. The summed E-state index contributed by atoms with van der Waals surface area (Å²) in [5, 5.41) is 6.28. The predicted octanol–water partition coefficient (Wildman–Crippen LogP) is 1.31. The Morgan fingerprint density at radius 3 is 2.65 bits per heavy atom. The molecule has 1 fully saturated rings. The quantitative estimate of drug-likeness (QED) is 0.599. The fourth-order valence-electron chi connectivity index (χ4n) is 1.96. The Hall–Kier alpha value is -0.610. The summed E-state index contributed by atoms with van der Waals surface area (Å²) in [6.07, 6.45) is 4.29. The molecule has 0 aliphatic heterocycles. The number of amides is 1. The summed E-state index contributed by atoms with van der Waals surface area (Å²) in [6.45, 7) is 6.60. The summed E-state index contributed by atoms with van der Waals surface area (Å²) in [6, 6.07) is 0.235. The van der Waals surface area contributed by atoms with E-state index < -0.39 is 0 Å². The molecule has 2 N–H and O–H groups in total. The van der Waals surface area contributed by atoms with Crippen LogP contribution in [0.3, 0.4) is 0 Å². The molecule has 0 aromatic rings. The molecule has 1 aliphatic rings. The number of rotatable bonds is 9. The number of carbonyl (C=O) groups is 1. The summed E-state index contributed by atoms with van der Waals surface area (Å²) in [5.41, 5.74) is 0.463. The van der Waals surface area contributed by atoms with E-state index in [1.165, 1.54) is 12.8 Å². The lowest BCUT2D eigenvalue weighted by Gasteiger charge is -2.15. The van der Waals surface area contributed by atoms with Crippen LogP contribution in [-0.4, -0.2) is 38.8 Å². The Morgan fingerprint density at radius 1 is 1.41 bits per heavy atom. The van der Waals surface area contributed by atoms with Crippen molar-refractivity contribution in [3.8, 4) is 0 Å². The molecule has 0 aromatic heterocycles. The van der Waals surface area contributed by atoms with Crippen LogP contribution in [-0.2, 0) is 9.53 Å². The van der Waals surface area contributed by atoms with Crippen molar-refractivity contribution in [3.63, 3.8) is 0 Å². The zero-order valence-electron chi connectivity index (χ0n) is 11.3. The normalized spacial score (nSPS) is 17.2. The van der Waals surface area contributed by atoms with Crippen molar-refractivity contribution in [3.05, 3.63) is 0 Å². The third-order valence-corrected chi connectivity index (χ3v) is 3.27. The molecule has 0 aromatic carbocycles. The van der Waals surface area contributed by atoms with Gasteiger partial charge in [-0.15, -0.1) is 0 Å². The van der Waals surface area contributed by atoms with Crippen molar-refractivity contribution in [1.82, 2.24) is 10.6 Å². The summed E-state index contributed by atoms with van der Waals surface area (Å²) in [5.74, 6) is 0.134. The van der Waals surface area contributed by atoms with E-state index in [0.717, 1.165) is 26.1 Å². The largest absolute Gasteiger partial charge is 0.385 e. The maximum Gasteiger partial charge on any atom is 0.221 e. The summed E-state index contributed by atoms with van der Waals surface area (Å²) in [7, 11) is 1.75. The molecule has 0 heterocycles. The van der Waals surface area contributed by atoms with E-state index in [4.69, 9.17) is 4.74 Å². The number of nitrogens with one attached hydrogen (secondary N) is 2. The Labute approximate surface area is 104 Å². The van der Waals surface area contributed by atoms with Gasteiger partial charge in [0.1, 0.15) is 0 Å². The first-order valence-corrected chi connectivity index (χ1v) is 6.57. The first-order chi connectivity index (χ1) is 8.08. The highest BCUT2D eigenvalue weighted by atomic mass is 16.5. The maximum absolute atomic E-state index is 11.4. The van der Waals surface area contributed by atoms with Gasteiger partial charge >= 0.3 is 0 Å². The molecule has 0 radical (unpaired) electrons. The van der Waals surface area contributed by atoms with Crippen molar-refractivity contribution < 1.29 is 9.53 Å². The van der Waals surface area contributed by atoms with Crippen LogP contribution in [0.4, 0.5) is 0 Å². The number of hydrogen-bond acceptors (Lipinski definition) is 3. The van der Waals surface area contributed by atoms with Gasteiger partial charge in [0.25, 0.3) is 0 Å². The second-order valence-electron chi connectivity index (χ2n) is 5.39. The van der Waals surface area contributed by atoms with Gasteiger partial charge in [-0.2, -0.15) is 0 Å². The number of carbonyl (C=O) groups excluding carboxylic acids is 1. The molecule has 4 heteroatoms. The molecule has 0 bridgehead atoms. The van der Waals surface area contributed by atoms with Gasteiger partial charge in [-0.1, -0.05) is 0 Å². The van der Waals surface area contributed by atoms with Crippen molar-refractivity contribution in [2.45, 2.75) is 45.6 Å². The molecular weight excluding hydrogens is 216 g/mol. The highest BCUT2D eigenvalue weighted by molar-refractivity contribution is 5.76. The van der Waals surface area contributed by atoms with E-state index in [9.17, 15) is 4.79 Å². The van der Waals surface area contributed by atoms with Crippen LogP contribution in [0, 0.1) is 5.41 Å². The van der Waals surface area contributed by atoms with Crippen LogP contribution in [0.25, 0.3) is 0 Å². The van der Waals surface area contributed by atoms with E-state index in [0.29, 0.717) is 11.8 Å². The van der Waals surface area contributed by atoms with Crippen LogP contribution in [0.5, 0.6) is 0 Å². The molecule has 1 saturated carbocycles. The Morgan fingerprint density at radius 2 is 2.12 bits per heavy atom. The zero-order chi connectivity index (χ0) is 12.7. The number of ether oxygens (including phenoxy) is 1. The maximum atomic E-state index is 11.4. The third kappa shape index (κ3) is 6.03. The molecule has 0 atom stereocenters. The Kier molecular flexibility index (Phi) is 5.92. The summed E-state index contributed by atoms with van der Waals surface area (Å²) < 4.78 is 5.11. The Balaban J connectivity index is 2.02. The highest BCUT2D eigenvalue weighted by Crippen LogP contribution is 2.48. The van der Waals surface area contributed by atoms with Gasteiger partial charge in [0, 0.05) is 39.3 Å². The second kappa shape index (κ2) is 6.97. The van der Waals surface area contributed by atoms with E-state index in [2.05, 4.69) is 10.6 Å². The molecule has 4 nitrogen and oxygen atoms in total. The highest BCUT2D eigenvalue weighted by Gasteiger charge is 2.41. The monoisotopic (exact) mass is 242 g/mol. The average molecular weight is 242 g/mol. The van der Waals surface area contributed by atoms with E-state index in [1.807, 2.05) is 13.8 Å². The minimum absolute atomic E-state index is 0.134. The second-order valence-corrected chi connectivity index (χ2v) is 5.39. The lowest BCUT2D eigenvalue weighted by molar-refractivity contribution is -0.121. The van der Waals surface area contributed by atoms with Crippen molar-refractivity contribution in [2.75, 3.05) is 26.8 Å². The minimum Gasteiger partial charge on any atom is -0.385 e. The van der Waals surface area contributed by atoms with Gasteiger partial charge in [0.15, 0.2) is 0 Å². The molecule has 1 aliphatic carbocycles. The van der Waals surface area contributed by atoms with Crippen molar-refractivity contribution in [1.29, 1.82) is 0 Å². The van der Waals surface area contributed by atoms with Crippen LogP contribution in [0.2, 0.25) is 0 Å². The SMILES string of the molecule is COCCC1(CNCCC(=O)NC(C)C)CC1. The first kappa shape index (κ1) is 14.5. The molecule has 0 unspecified atom stereocenters. The lowest BCUT2D eigenvalue weighted by Crippen LogP contribution is -2.34. The fraction of sp³-hybridized carbons (Fsp3) is 0.923. The van der Waals surface area contributed by atoms with Gasteiger partial charge in [0.2, 0.25) is 5.91 Å². The van der Waals surface area contributed by atoms with E-state index in [1.54, 1.807) is 7.11 Å². The number of hydrogen-bond donors (Lipinski definition) is 2. The summed E-state index contributed by atoms with van der Waals surface area (Å²) >= 11 is 0. The third-order valence-electron chi connectivity index (χ3n) is 3.27. The van der Waals surface area contributed by atoms with Gasteiger partial charge in [-0.25, -0.2) is 0 Å². The number of methoxy groups -OCH3 is 1. The predicted molar refractivity (Wildman–Crippen MR) is 68.9 cm³/mol.